The molecule has 2 nitrogen and oxygen atoms in total. The van der Waals surface area contributed by atoms with Crippen molar-refractivity contribution in [2.75, 3.05) is 0 Å². The molecule has 4 aromatic carbocycles. The molecule has 0 spiro atoms. The topological polar surface area (TPSA) is 9.86 Å². The zero-order valence-corrected chi connectivity index (χ0v) is 21.8. The molecule has 0 aliphatic carbocycles. The first-order valence-corrected chi connectivity index (χ1v) is 13.8. The molecule has 0 aliphatic rings. The average Bonchev–Trinajstić information content (AvgIpc) is 3.40. The van der Waals surface area contributed by atoms with Gasteiger partial charge in [-0.15, -0.1) is 0 Å². The van der Waals surface area contributed by atoms with Crippen LogP contribution < -0.4 is 8.92 Å². The molecular weight excluding hydrogens is 491 g/mol. The molecule has 6 rings (SSSR count). The van der Waals surface area contributed by atoms with E-state index in [1.54, 1.807) is 0 Å². The van der Waals surface area contributed by atoms with Crippen molar-refractivity contribution in [2.24, 2.45) is 0 Å². The van der Waals surface area contributed by atoms with Crippen molar-refractivity contribution in [3.63, 3.8) is 0 Å². The van der Waals surface area contributed by atoms with E-state index in [1.807, 2.05) is 0 Å². The quantitative estimate of drug-likeness (QED) is 0.240. The Morgan fingerprint density at radius 2 is 0.914 bits per heavy atom. The van der Waals surface area contributed by atoms with Crippen LogP contribution in [0.2, 0.25) is 0 Å². The zero-order chi connectivity index (χ0) is 23.8. The van der Waals surface area contributed by atoms with Gasteiger partial charge in [0, 0.05) is 0 Å². The minimum absolute atomic E-state index is 0.202. The maximum absolute atomic E-state index is 2.43. The second kappa shape index (κ2) is 9.26. The number of rotatable bonds is 6. The van der Waals surface area contributed by atoms with Crippen LogP contribution in [0.1, 0.15) is 22.3 Å². The summed E-state index contributed by atoms with van der Waals surface area (Å²) in [7, 11) is 0. The second-order valence-electron chi connectivity index (χ2n) is 9.23. The SMILES string of the molecule is Cc1ccccc1Cn1cc([Se]c2cn(Cc3ccccc3C)c3ccccc23)c2ccccc21. The molecule has 0 aliphatic heterocycles. The molecule has 0 radical (unpaired) electrons. The number of aryl methyl sites for hydroxylation is 2. The summed E-state index contributed by atoms with van der Waals surface area (Å²) in [6.45, 7) is 6.21. The third kappa shape index (κ3) is 4.23. The second-order valence-corrected chi connectivity index (χ2v) is 11.5. The molecule has 0 atom stereocenters. The Morgan fingerprint density at radius 3 is 1.37 bits per heavy atom. The van der Waals surface area contributed by atoms with Gasteiger partial charge < -0.3 is 0 Å². The van der Waals surface area contributed by atoms with E-state index in [0.717, 1.165) is 13.1 Å². The van der Waals surface area contributed by atoms with Gasteiger partial charge in [-0.2, -0.15) is 0 Å². The fourth-order valence-corrected chi connectivity index (χ4v) is 7.35. The summed E-state index contributed by atoms with van der Waals surface area (Å²) >= 11 is 0.202. The van der Waals surface area contributed by atoms with E-state index in [2.05, 4.69) is 132 Å². The van der Waals surface area contributed by atoms with Gasteiger partial charge in [-0.1, -0.05) is 0 Å². The van der Waals surface area contributed by atoms with Gasteiger partial charge in [0.2, 0.25) is 0 Å². The van der Waals surface area contributed by atoms with Gasteiger partial charge in [0.1, 0.15) is 0 Å². The molecule has 2 aromatic heterocycles. The molecule has 172 valence electrons. The first kappa shape index (κ1) is 22.0. The molecule has 2 heterocycles. The number of para-hydroxylation sites is 2. The van der Waals surface area contributed by atoms with E-state index in [9.17, 15) is 0 Å². The van der Waals surface area contributed by atoms with Crippen molar-refractivity contribution in [3.8, 4) is 0 Å². The van der Waals surface area contributed by atoms with E-state index >= 15 is 0 Å². The van der Waals surface area contributed by atoms with Gasteiger partial charge in [-0.3, -0.25) is 0 Å². The molecule has 0 bridgehead atoms. The summed E-state index contributed by atoms with van der Waals surface area (Å²) in [5, 5.41) is 2.74. The summed E-state index contributed by atoms with van der Waals surface area (Å²) in [6.07, 6.45) is 4.79. The molecular formula is C32H28N2Se. The standard InChI is InChI=1S/C32H28N2Se/c1-23-11-3-5-13-25(23)19-33-21-31(27-15-7-9-17-29(27)33)35-32-22-34(30-18-10-8-16-28(30)32)20-26-14-6-4-12-24(26)2/h3-18,21-22H,19-20H2,1-2H3. The Bertz CT molecular complexity index is 1530. The van der Waals surface area contributed by atoms with Crippen LogP contribution in [-0.4, -0.2) is 24.1 Å². The third-order valence-electron chi connectivity index (χ3n) is 6.93. The van der Waals surface area contributed by atoms with Crippen molar-refractivity contribution >= 4 is 45.7 Å². The van der Waals surface area contributed by atoms with Gasteiger partial charge in [-0.05, 0) is 0 Å². The van der Waals surface area contributed by atoms with Crippen LogP contribution in [-0.2, 0) is 13.1 Å². The Morgan fingerprint density at radius 1 is 0.514 bits per heavy atom. The van der Waals surface area contributed by atoms with Gasteiger partial charge >= 0.3 is 213 Å². The molecule has 3 heteroatoms. The Kier molecular flexibility index (Phi) is 5.82. The molecule has 0 unspecified atom stereocenters. The van der Waals surface area contributed by atoms with Crippen LogP contribution in [0.5, 0.6) is 0 Å². The number of hydrogen-bond acceptors (Lipinski definition) is 0. The average molecular weight is 520 g/mol. The molecule has 6 aromatic rings. The van der Waals surface area contributed by atoms with Gasteiger partial charge in [0.25, 0.3) is 0 Å². The Hall–Kier alpha value is -3.52. The van der Waals surface area contributed by atoms with Gasteiger partial charge in [0.15, 0.2) is 0 Å². The van der Waals surface area contributed by atoms with Crippen molar-refractivity contribution in [2.45, 2.75) is 26.9 Å². The van der Waals surface area contributed by atoms with Crippen LogP contribution in [0, 0.1) is 13.8 Å². The van der Waals surface area contributed by atoms with Gasteiger partial charge in [-0.25, -0.2) is 0 Å². The summed E-state index contributed by atoms with van der Waals surface area (Å²) in [5.41, 5.74) is 8.07. The molecule has 35 heavy (non-hydrogen) atoms. The van der Waals surface area contributed by atoms with Crippen molar-refractivity contribution in [1.29, 1.82) is 0 Å². The monoisotopic (exact) mass is 520 g/mol. The third-order valence-corrected chi connectivity index (χ3v) is 9.22. The molecule has 0 amide bonds. The van der Waals surface area contributed by atoms with Crippen LogP contribution in [0.15, 0.2) is 109 Å². The van der Waals surface area contributed by atoms with Crippen molar-refractivity contribution < 1.29 is 0 Å². The van der Waals surface area contributed by atoms with Crippen molar-refractivity contribution in [1.82, 2.24) is 9.13 Å². The van der Waals surface area contributed by atoms with Gasteiger partial charge in [0.05, 0.1) is 0 Å². The molecule has 0 saturated carbocycles. The number of fused-ring (bicyclic) bond motifs is 2. The predicted octanol–water partition coefficient (Wildman–Crippen LogP) is 5.96. The first-order valence-electron chi connectivity index (χ1n) is 12.1. The minimum atomic E-state index is 0.202. The molecule has 0 saturated heterocycles. The summed E-state index contributed by atoms with van der Waals surface area (Å²) in [5.74, 6) is 0. The van der Waals surface area contributed by atoms with E-state index in [4.69, 9.17) is 0 Å². The normalized spacial score (nSPS) is 11.5. The van der Waals surface area contributed by atoms with E-state index < -0.39 is 0 Å². The van der Waals surface area contributed by atoms with Crippen LogP contribution in [0.3, 0.4) is 0 Å². The first-order chi connectivity index (χ1) is 17.2. The summed E-state index contributed by atoms with van der Waals surface area (Å²) in [4.78, 5) is 0. The number of nitrogens with zero attached hydrogens (tertiary/aromatic N) is 2. The van der Waals surface area contributed by atoms with E-state index in [-0.39, 0.29) is 15.0 Å². The van der Waals surface area contributed by atoms with Crippen LogP contribution >= 0.6 is 0 Å². The predicted molar refractivity (Wildman–Crippen MR) is 149 cm³/mol. The van der Waals surface area contributed by atoms with E-state index in [1.165, 1.54) is 53.0 Å². The summed E-state index contributed by atoms with van der Waals surface area (Å²) < 4.78 is 7.75. The number of aromatic nitrogens is 2. The summed E-state index contributed by atoms with van der Waals surface area (Å²) in [6, 6.07) is 35.1. The Labute approximate surface area is 213 Å². The molecule has 0 N–H and O–H groups in total. The van der Waals surface area contributed by atoms with E-state index in [0.29, 0.717) is 0 Å². The fourth-order valence-electron chi connectivity index (χ4n) is 4.91. The van der Waals surface area contributed by atoms with Crippen LogP contribution in [0.4, 0.5) is 0 Å². The molecule has 0 fully saturated rings. The van der Waals surface area contributed by atoms with Crippen molar-refractivity contribution in [3.05, 3.63) is 132 Å². The zero-order valence-electron chi connectivity index (χ0n) is 20.1. The van der Waals surface area contributed by atoms with Crippen LogP contribution in [0.25, 0.3) is 21.8 Å². The maximum atomic E-state index is 2.43. The number of benzene rings is 4. The Balaban J connectivity index is 1.40. The number of hydrogen-bond donors (Lipinski definition) is 0. The fraction of sp³-hybridized carbons (Fsp3) is 0.125.